The predicted octanol–water partition coefficient (Wildman–Crippen LogP) is 4.44. The van der Waals surface area contributed by atoms with E-state index < -0.39 is 29.7 Å². The van der Waals surface area contributed by atoms with Crippen molar-refractivity contribution in [1.82, 2.24) is 5.32 Å². The number of Topliss-reactive ketones (excluding diaryl/α,β-unsaturated/α-hetero) is 1. The Morgan fingerprint density at radius 2 is 1.91 bits per heavy atom. The molecule has 1 heterocycles. The highest BCUT2D eigenvalue weighted by atomic mass is 19.1. The Hall–Kier alpha value is -3.49. The minimum absolute atomic E-state index is 0.00367. The van der Waals surface area contributed by atoms with Crippen molar-refractivity contribution in [2.24, 2.45) is 0 Å². The van der Waals surface area contributed by atoms with E-state index in [2.05, 4.69) is 10.6 Å². The van der Waals surface area contributed by atoms with Crippen molar-refractivity contribution in [3.63, 3.8) is 0 Å². The Labute approximate surface area is 184 Å². The molecule has 0 aliphatic carbocycles. The molecule has 170 valence electrons. The van der Waals surface area contributed by atoms with Crippen LogP contribution < -0.4 is 15.4 Å². The molecule has 0 radical (unpaired) electrons. The maximum Gasteiger partial charge on any atom is 0.407 e. The summed E-state index contributed by atoms with van der Waals surface area (Å²) in [5, 5.41) is 5.24. The average Bonchev–Trinajstić information content (AvgIpc) is 2.74. The Morgan fingerprint density at radius 1 is 1.16 bits per heavy atom. The van der Waals surface area contributed by atoms with Crippen LogP contribution in [-0.2, 0) is 9.53 Å². The number of carbonyl (C=O) groups excluding carboxylic acids is 3. The highest BCUT2D eigenvalue weighted by Gasteiger charge is 2.31. The van der Waals surface area contributed by atoms with E-state index >= 15 is 0 Å². The lowest BCUT2D eigenvalue weighted by molar-refractivity contribution is -0.117. The van der Waals surface area contributed by atoms with E-state index in [-0.39, 0.29) is 42.3 Å². The summed E-state index contributed by atoms with van der Waals surface area (Å²) in [6.45, 7) is 3.24. The number of aryl methyl sites for hydroxylation is 1. The Bertz CT molecular complexity index is 1040. The smallest absolute Gasteiger partial charge is 0.407 e. The molecule has 1 aliphatic rings. The van der Waals surface area contributed by atoms with E-state index in [0.29, 0.717) is 24.1 Å². The van der Waals surface area contributed by atoms with Crippen LogP contribution in [0, 0.1) is 18.6 Å². The van der Waals surface area contributed by atoms with Crippen LogP contribution in [0.1, 0.15) is 53.7 Å². The molecule has 0 bridgehead atoms. The third-order valence-corrected chi connectivity index (χ3v) is 5.00. The van der Waals surface area contributed by atoms with Crippen molar-refractivity contribution in [2.45, 2.75) is 39.2 Å². The highest BCUT2D eigenvalue weighted by molar-refractivity contribution is 6.06. The van der Waals surface area contributed by atoms with Gasteiger partial charge in [-0.1, -0.05) is 0 Å². The maximum atomic E-state index is 14.7. The number of halogens is 2. The number of hydrogen-bond acceptors (Lipinski definition) is 5. The number of anilines is 1. The highest BCUT2D eigenvalue weighted by Crippen LogP contribution is 2.37. The van der Waals surface area contributed by atoms with Crippen LogP contribution in [0.3, 0.4) is 0 Å². The van der Waals surface area contributed by atoms with Crippen LogP contribution in [0.5, 0.6) is 5.75 Å². The number of nitrogens with one attached hydrogen (secondary N) is 2. The summed E-state index contributed by atoms with van der Waals surface area (Å²) in [7, 11) is 0. The fraction of sp³-hybridized carbons (Fsp3) is 0.348. The van der Waals surface area contributed by atoms with Crippen molar-refractivity contribution in [3.8, 4) is 5.75 Å². The summed E-state index contributed by atoms with van der Waals surface area (Å²) in [6.07, 6.45) is 0.236. The van der Waals surface area contributed by atoms with Crippen molar-refractivity contribution in [3.05, 3.63) is 58.7 Å². The second-order valence-electron chi connectivity index (χ2n) is 7.53. The van der Waals surface area contributed by atoms with Crippen molar-refractivity contribution >= 4 is 23.5 Å². The molecular weight excluding hydrogens is 422 g/mol. The third-order valence-electron chi connectivity index (χ3n) is 5.00. The molecule has 0 saturated carbocycles. The summed E-state index contributed by atoms with van der Waals surface area (Å²) >= 11 is 0. The SMILES string of the molecule is CC(=O)CCCOC(=O)N[C@H]1CCOc2c(C(=O)Nc3ccc(F)c(C)c3)ccc(F)c21. The van der Waals surface area contributed by atoms with E-state index in [0.717, 1.165) is 6.07 Å². The number of benzene rings is 2. The molecule has 1 aliphatic heterocycles. The minimum Gasteiger partial charge on any atom is -0.492 e. The molecule has 0 spiro atoms. The first kappa shape index (κ1) is 23.2. The van der Waals surface area contributed by atoms with Crippen LogP contribution in [0.4, 0.5) is 19.3 Å². The van der Waals surface area contributed by atoms with Gasteiger partial charge in [0.05, 0.1) is 30.4 Å². The summed E-state index contributed by atoms with van der Waals surface area (Å²) in [5.41, 5.74) is 0.891. The molecule has 7 nitrogen and oxygen atoms in total. The molecule has 0 saturated heterocycles. The van der Waals surface area contributed by atoms with Gasteiger partial charge >= 0.3 is 6.09 Å². The van der Waals surface area contributed by atoms with E-state index in [9.17, 15) is 23.2 Å². The van der Waals surface area contributed by atoms with Gasteiger partial charge in [-0.05, 0) is 56.2 Å². The van der Waals surface area contributed by atoms with E-state index in [1.807, 2.05) is 0 Å². The normalized spacial score (nSPS) is 14.7. The van der Waals surface area contributed by atoms with Crippen LogP contribution >= 0.6 is 0 Å². The van der Waals surface area contributed by atoms with Crippen LogP contribution in [0.15, 0.2) is 30.3 Å². The van der Waals surface area contributed by atoms with Crippen molar-refractivity contribution < 1.29 is 32.6 Å². The molecule has 2 aromatic carbocycles. The monoisotopic (exact) mass is 446 g/mol. The fourth-order valence-electron chi connectivity index (χ4n) is 3.39. The van der Waals surface area contributed by atoms with Gasteiger partial charge in [-0.2, -0.15) is 0 Å². The minimum atomic E-state index is -0.750. The molecule has 32 heavy (non-hydrogen) atoms. The van der Waals surface area contributed by atoms with E-state index in [1.54, 1.807) is 6.92 Å². The zero-order valence-corrected chi connectivity index (χ0v) is 17.8. The quantitative estimate of drug-likeness (QED) is 0.613. The van der Waals surface area contributed by atoms with Gasteiger partial charge in [0.2, 0.25) is 0 Å². The number of rotatable bonds is 7. The van der Waals surface area contributed by atoms with Gasteiger partial charge in [-0.15, -0.1) is 0 Å². The maximum absolute atomic E-state index is 14.7. The first-order chi connectivity index (χ1) is 15.3. The molecular formula is C23H24F2N2O5. The van der Waals surface area contributed by atoms with Gasteiger partial charge in [0.15, 0.2) is 0 Å². The average molecular weight is 446 g/mol. The number of amides is 2. The van der Waals surface area contributed by atoms with E-state index in [4.69, 9.17) is 9.47 Å². The molecule has 0 unspecified atom stereocenters. The van der Waals surface area contributed by atoms with Gasteiger partial charge in [0.1, 0.15) is 23.2 Å². The molecule has 3 rings (SSSR count). The second-order valence-corrected chi connectivity index (χ2v) is 7.53. The summed E-state index contributed by atoms with van der Waals surface area (Å²) in [6, 6.07) is 5.82. The molecule has 1 atom stereocenters. The Morgan fingerprint density at radius 3 is 2.62 bits per heavy atom. The molecule has 2 aromatic rings. The van der Waals surface area contributed by atoms with Gasteiger partial charge in [0.25, 0.3) is 5.91 Å². The van der Waals surface area contributed by atoms with E-state index in [1.165, 1.54) is 31.2 Å². The molecule has 2 N–H and O–H groups in total. The lowest BCUT2D eigenvalue weighted by Gasteiger charge is -2.28. The number of fused-ring (bicyclic) bond motifs is 1. The first-order valence-electron chi connectivity index (χ1n) is 10.2. The number of ketones is 1. The summed E-state index contributed by atoms with van der Waals surface area (Å²) in [4.78, 5) is 35.9. The van der Waals surface area contributed by atoms with Gasteiger partial charge < -0.3 is 24.9 Å². The number of hydrogen-bond donors (Lipinski definition) is 2. The largest absolute Gasteiger partial charge is 0.492 e. The summed E-state index contributed by atoms with van der Waals surface area (Å²) < 4.78 is 38.8. The van der Waals surface area contributed by atoms with Crippen molar-refractivity contribution in [2.75, 3.05) is 18.5 Å². The molecule has 9 heteroatoms. The zero-order chi connectivity index (χ0) is 23.3. The molecule has 2 amide bonds. The molecule has 0 aromatic heterocycles. The lowest BCUT2D eigenvalue weighted by Crippen LogP contribution is -2.34. The lowest BCUT2D eigenvalue weighted by atomic mass is 9.96. The fourth-order valence-corrected chi connectivity index (χ4v) is 3.39. The predicted molar refractivity (Wildman–Crippen MR) is 113 cm³/mol. The topological polar surface area (TPSA) is 93.7 Å². The molecule has 0 fully saturated rings. The Balaban J connectivity index is 1.75. The van der Waals surface area contributed by atoms with Gasteiger partial charge in [0, 0.05) is 18.5 Å². The van der Waals surface area contributed by atoms with Crippen LogP contribution in [0.25, 0.3) is 0 Å². The zero-order valence-electron chi connectivity index (χ0n) is 17.8. The second kappa shape index (κ2) is 10.2. The third kappa shape index (κ3) is 5.60. The van der Waals surface area contributed by atoms with Gasteiger partial charge in [-0.3, -0.25) is 4.79 Å². The standard InChI is InChI=1S/C23H24F2N2O5/c1-13-12-15(5-7-17(13)24)26-22(29)16-6-8-18(25)20-19(9-11-31-21(16)20)27-23(30)32-10-3-4-14(2)28/h5-8,12,19H,3-4,9-11H2,1-2H3,(H,26,29)(H,27,30)/t19-/m0/s1. The van der Waals surface area contributed by atoms with Crippen molar-refractivity contribution in [1.29, 1.82) is 0 Å². The number of ether oxygens (including phenoxy) is 2. The van der Waals surface area contributed by atoms with Gasteiger partial charge in [-0.25, -0.2) is 13.6 Å². The summed E-state index contributed by atoms with van der Waals surface area (Å²) in [5.74, 6) is -1.55. The number of carbonyl (C=O) groups is 3. The number of alkyl carbamates (subject to hydrolysis) is 1. The van der Waals surface area contributed by atoms with Crippen LogP contribution in [0.2, 0.25) is 0 Å². The van der Waals surface area contributed by atoms with Crippen LogP contribution in [-0.4, -0.2) is 31.0 Å². The first-order valence-corrected chi connectivity index (χ1v) is 10.2. The Kier molecular flexibility index (Phi) is 7.40.